The Bertz CT molecular complexity index is 532. The number of hydrogen-bond acceptors (Lipinski definition) is 3. The van der Waals surface area contributed by atoms with Crippen LogP contribution in [0.25, 0.3) is 0 Å². The second kappa shape index (κ2) is 6.51. The number of ether oxygens (including phenoxy) is 1. The molecule has 0 bridgehead atoms. The summed E-state index contributed by atoms with van der Waals surface area (Å²) in [5, 5.41) is 14.6. The Kier molecular flexibility index (Phi) is 5.12. The normalized spacial score (nSPS) is 50.4. The number of hydrogen-bond donors (Lipinski definition) is 2. The van der Waals surface area contributed by atoms with E-state index in [2.05, 4.69) is 32.7 Å². The average molecular weight is 370 g/mol. The maximum atomic E-state index is 11.1. The fourth-order valence-corrected chi connectivity index (χ4v) is 6.26. The van der Waals surface area contributed by atoms with Gasteiger partial charge in [0.2, 0.25) is 0 Å². The van der Waals surface area contributed by atoms with Crippen molar-refractivity contribution in [3.63, 3.8) is 0 Å². The van der Waals surface area contributed by atoms with Gasteiger partial charge in [-0.2, -0.15) is 0 Å². The molecule has 0 aromatic carbocycles. The number of alkyl halides is 1. The minimum atomic E-state index is -0.679. The molecule has 3 fully saturated rings. The van der Waals surface area contributed by atoms with E-state index in [0.717, 1.165) is 38.5 Å². The smallest absolute Gasteiger partial charge is 0.0796 e. The van der Waals surface area contributed by atoms with Gasteiger partial charge in [-0.3, -0.25) is 0 Å². The number of nitrogens with one attached hydrogen (secondary N) is 1. The van der Waals surface area contributed by atoms with E-state index in [4.69, 9.17) is 16.3 Å². The highest BCUT2D eigenvalue weighted by Crippen LogP contribution is 2.55. The molecule has 3 aliphatic rings. The molecular weight excluding hydrogens is 334 g/mol. The van der Waals surface area contributed by atoms with Crippen LogP contribution >= 0.6 is 11.6 Å². The zero-order valence-corrected chi connectivity index (χ0v) is 17.3. The Labute approximate surface area is 158 Å². The van der Waals surface area contributed by atoms with Crippen LogP contribution in [0.5, 0.6) is 0 Å². The van der Waals surface area contributed by atoms with Gasteiger partial charge in [-0.1, -0.05) is 12.2 Å². The molecule has 0 amide bonds. The maximum Gasteiger partial charge on any atom is 0.0796 e. The molecule has 4 heteroatoms. The lowest BCUT2D eigenvalue weighted by molar-refractivity contribution is -0.213. The second-order valence-electron chi connectivity index (χ2n) is 9.67. The van der Waals surface area contributed by atoms with Crippen molar-refractivity contribution < 1.29 is 9.84 Å². The van der Waals surface area contributed by atoms with E-state index in [0.29, 0.717) is 17.8 Å². The summed E-state index contributed by atoms with van der Waals surface area (Å²) < 4.78 is 6.69. The molecular formula is C21H36ClNO2. The zero-order chi connectivity index (χ0) is 18.6. The second-order valence-corrected chi connectivity index (χ2v) is 10.2. The van der Waals surface area contributed by atoms with Gasteiger partial charge in [0.05, 0.1) is 22.2 Å². The molecule has 25 heavy (non-hydrogen) atoms. The monoisotopic (exact) mass is 369 g/mol. The average Bonchev–Trinajstić information content (AvgIpc) is 2.50. The van der Waals surface area contributed by atoms with Crippen LogP contribution in [0, 0.1) is 17.8 Å². The van der Waals surface area contributed by atoms with Gasteiger partial charge in [0.25, 0.3) is 0 Å². The molecule has 0 aromatic rings. The van der Waals surface area contributed by atoms with Crippen molar-refractivity contribution in [3.05, 3.63) is 12.2 Å². The van der Waals surface area contributed by atoms with E-state index >= 15 is 0 Å². The fourth-order valence-electron chi connectivity index (χ4n) is 6.10. The number of rotatable bonds is 2. The van der Waals surface area contributed by atoms with Crippen molar-refractivity contribution in [1.29, 1.82) is 0 Å². The van der Waals surface area contributed by atoms with Gasteiger partial charge in [0.1, 0.15) is 0 Å². The Morgan fingerprint density at radius 3 is 2.44 bits per heavy atom. The van der Waals surface area contributed by atoms with Crippen LogP contribution in [0.1, 0.15) is 66.2 Å². The third kappa shape index (κ3) is 3.31. The first-order valence-corrected chi connectivity index (χ1v) is 10.4. The van der Waals surface area contributed by atoms with Crippen molar-refractivity contribution in [2.75, 3.05) is 7.05 Å². The fraction of sp³-hybridized carbons (Fsp3) is 0.905. The molecule has 2 saturated carbocycles. The van der Waals surface area contributed by atoms with Crippen LogP contribution in [0.2, 0.25) is 0 Å². The van der Waals surface area contributed by atoms with Crippen molar-refractivity contribution in [3.8, 4) is 0 Å². The Morgan fingerprint density at radius 1 is 1.16 bits per heavy atom. The summed E-state index contributed by atoms with van der Waals surface area (Å²) in [6, 6.07) is 0.0746. The van der Waals surface area contributed by atoms with Crippen LogP contribution in [-0.4, -0.2) is 40.4 Å². The lowest BCUT2D eigenvalue weighted by Gasteiger charge is -2.59. The highest BCUT2D eigenvalue weighted by atomic mass is 35.5. The molecule has 1 saturated heterocycles. The quantitative estimate of drug-likeness (QED) is 0.564. The standard InChI is InChI=1S/C21H36ClNO2/c1-13-7-8-15(21(5)12-10-16(22)19(2,3)25-21)17-14(13)9-11-20(4,24)18(17)23-6/h14-18,23-24H,1,7-12H2,2-6H3. The van der Waals surface area contributed by atoms with Crippen molar-refractivity contribution in [2.45, 2.75) is 94.4 Å². The molecule has 7 unspecified atom stereocenters. The van der Waals surface area contributed by atoms with E-state index in [1.807, 2.05) is 14.0 Å². The first-order chi connectivity index (χ1) is 11.5. The van der Waals surface area contributed by atoms with Gasteiger partial charge in [-0.15, -0.1) is 11.6 Å². The molecule has 0 aromatic heterocycles. The SMILES string of the molecule is C=C1CCC(C2(C)CCC(Cl)C(C)(C)O2)C2C1CCC(C)(O)C2NC. The third-order valence-electron chi connectivity index (χ3n) is 7.49. The lowest BCUT2D eigenvalue weighted by atomic mass is 9.54. The molecule has 3 nitrogen and oxygen atoms in total. The number of fused-ring (bicyclic) bond motifs is 1. The molecule has 2 N–H and O–H groups in total. The van der Waals surface area contributed by atoms with Gasteiger partial charge < -0.3 is 15.2 Å². The molecule has 0 spiro atoms. The van der Waals surface area contributed by atoms with Gasteiger partial charge in [-0.05, 0) is 91.0 Å². The van der Waals surface area contributed by atoms with Crippen molar-refractivity contribution in [2.24, 2.45) is 17.8 Å². The molecule has 144 valence electrons. The summed E-state index contributed by atoms with van der Waals surface area (Å²) in [6.07, 6.45) is 6.01. The number of allylic oxidation sites excluding steroid dienone is 1. The summed E-state index contributed by atoms with van der Waals surface area (Å²) in [6.45, 7) is 12.9. The van der Waals surface area contributed by atoms with E-state index in [9.17, 15) is 5.11 Å². The number of aliphatic hydroxyl groups is 1. The molecule has 7 atom stereocenters. The number of halogens is 1. The lowest BCUT2D eigenvalue weighted by Crippen LogP contribution is -2.64. The highest BCUT2D eigenvalue weighted by Gasteiger charge is 2.57. The molecule has 2 aliphatic carbocycles. The highest BCUT2D eigenvalue weighted by molar-refractivity contribution is 6.21. The predicted molar refractivity (Wildman–Crippen MR) is 104 cm³/mol. The van der Waals surface area contributed by atoms with Gasteiger partial charge in [-0.25, -0.2) is 0 Å². The zero-order valence-electron chi connectivity index (χ0n) is 16.6. The maximum absolute atomic E-state index is 11.1. The largest absolute Gasteiger partial charge is 0.389 e. The van der Waals surface area contributed by atoms with Crippen LogP contribution in [0.15, 0.2) is 12.2 Å². The molecule has 1 heterocycles. The molecule has 0 radical (unpaired) electrons. The minimum Gasteiger partial charge on any atom is -0.389 e. The Balaban J connectivity index is 1.95. The van der Waals surface area contributed by atoms with Crippen LogP contribution in [0.3, 0.4) is 0 Å². The van der Waals surface area contributed by atoms with Crippen LogP contribution in [0.4, 0.5) is 0 Å². The first-order valence-electron chi connectivity index (χ1n) is 9.93. The van der Waals surface area contributed by atoms with Gasteiger partial charge in [0.15, 0.2) is 0 Å². The van der Waals surface area contributed by atoms with Gasteiger partial charge in [0, 0.05) is 6.04 Å². The first kappa shape index (κ1) is 19.7. The van der Waals surface area contributed by atoms with E-state index < -0.39 is 5.60 Å². The topological polar surface area (TPSA) is 41.5 Å². The Hall–Kier alpha value is -0.0900. The summed E-state index contributed by atoms with van der Waals surface area (Å²) in [5.74, 6) is 1.26. The predicted octanol–water partition coefficient (Wildman–Crippen LogP) is 4.27. The molecule has 1 aliphatic heterocycles. The molecule has 3 rings (SSSR count). The summed E-state index contributed by atoms with van der Waals surface area (Å²) >= 11 is 6.54. The third-order valence-corrected chi connectivity index (χ3v) is 8.23. The Morgan fingerprint density at radius 2 is 1.84 bits per heavy atom. The summed E-state index contributed by atoms with van der Waals surface area (Å²) in [4.78, 5) is 0. The van der Waals surface area contributed by atoms with E-state index in [1.165, 1.54) is 5.57 Å². The summed E-state index contributed by atoms with van der Waals surface area (Å²) in [5.41, 5.74) is 0.179. The van der Waals surface area contributed by atoms with Crippen LogP contribution in [-0.2, 0) is 4.74 Å². The van der Waals surface area contributed by atoms with E-state index in [-0.39, 0.29) is 22.6 Å². The van der Waals surface area contributed by atoms with Crippen molar-refractivity contribution in [1.82, 2.24) is 5.32 Å². The minimum absolute atomic E-state index is 0.0597. The van der Waals surface area contributed by atoms with Crippen LogP contribution < -0.4 is 5.32 Å². The summed E-state index contributed by atoms with van der Waals surface area (Å²) in [7, 11) is 1.98. The van der Waals surface area contributed by atoms with E-state index in [1.54, 1.807) is 0 Å². The van der Waals surface area contributed by atoms with Crippen molar-refractivity contribution >= 4 is 11.6 Å². The van der Waals surface area contributed by atoms with Gasteiger partial charge >= 0.3 is 0 Å². The number of likely N-dealkylation sites (N-methyl/N-ethyl adjacent to an activating group) is 1.